The van der Waals surface area contributed by atoms with Crippen molar-refractivity contribution in [3.05, 3.63) is 46.3 Å². The van der Waals surface area contributed by atoms with Gasteiger partial charge >= 0.3 is 0 Å². The first-order chi connectivity index (χ1) is 9.83. The van der Waals surface area contributed by atoms with E-state index in [9.17, 15) is 18.5 Å². The summed E-state index contributed by atoms with van der Waals surface area (Å²) in [4.78, 5) is 9.92. The lowest BCUT2D eigenvalue weighted by Crippen LogP contribution is -2.13. The lowest BCUT2D eigenvalue weighted by Gasteiger charge is -2.07. The Kier molecular flexibility index (Phi) is 3.94. The fourth-order valence-corrected chi connectivity index (χ4v) is 2.96. The quantitative estimate of drug-likeness (QED) is 0.668. The average Bonchev–Trinajstić information content (AvgIpc) is 2.78. The number of nitro groups is 1. The van der Waals surface area contributed by atoms with E-state index in [1.807, 2.05) is 6.92 Å². The molecule has 0 saturated heterocycles. The van der Waals surface area contributed by atoms with Crippen LogP contribution in [0, 0.1) is 10.1 Å². The molecular formula is C12H14N4O4S. The first-order valence-corrected chi connectivity index (χ1v) is 7.61. The summed E-state index contributed by atoms with van der Waals surface area (Å²) in [6.07, 6.45) is 2.11. The topological polar surface area (TPSA) is 107 Å². The van der Waals surface area contributed by atoms with Crippen molar-refractivity contribution in [1.29, 1.82) is 0 Å². The number of nitro benzene ring substituents is 1. The van der Waals surface area contributed by atoms with Gasteiger partial charge in [-0.25, -0.2) is 8.42 Å². The summed E-state index contributed by atoms with van der Waals surface area (Å²) in [6, 6.07) is 4.89. The molecule has 1 heterocycles. The number of benzene rings is 1. The van der Waals surface area contributed by atoms with Crippen molar-refractivity contribution in [2.24, 2.45) is 7.05 Å². The van der Waals surface area contributed by atoms with Crippen LogP contribution in [-0.4, -0.2) is 23.1 Å². The highest BCUT2D eigenvalue weighted by Gasteiger charge is 2.20. The standard InChI is InChI=1S/C12H14N4O4S/c1-3-11-12(8-15(2)13-11)14-21(19,20)10-6-4-5-9(7-10)16(17)18/h4-8,14H,3H2,1-2H3. The minimum absolute atomic E-state index is 0.164. The van der Waals surface area contributed by atoms with E-state index in [0.29, 0.717) is 17.8 Å². The molecule has 0 aliphatic heterocycles. The molecule has 0 aliphatic rings. The van der Waals surface area contributed by atoms with Crippen LogP contribution >= 0.6 is 0 Å². The third kappa shape index (κ3) is 3.19. The molecule has 0 fully saturated rings. The molecule has 1 N–H and O–H groups in total. The van der Waals surface area contributed by atoms with Crippen LogP contribution in [-0.2, 0) is 23.5 Å². The molecule has 0 spiro atoms. The minimum atomic E-state index is -3.90. The smallest absolute Gasteiger partial charge is 0.270 e. The van der Waals surface area contributed by atoms with E-state index in [-0.39, 0.29) is 10.6 Å². The highest BCUT2D eigenvalue weighted by atomic mass is 32.2. The second-order valence-electron chi connectivity index (χ2n) is 4.38. The lowest BCUT2D eigenvalue weighted by atomic mass is 10.3. The van der Waals surface area contributed by atoms with Gasteiger partial charge in [-0.1, -0.05) is 13.0 Å². The summed E-state index contributed by atoms with van der Waals surface area (Å²) in [5.41, 5.74) is 0.692. The van der Waals surface area contributed by atoms with Gasteiger partial charge in [-0.3, -0.25) is 19.5 Å². The molecule has 0 aliphatic carbocycles. The monoisotopic (exact) mass is 310 g/mol. The van der Waals surface area contributed by atoms with Crippen LogP contribution in [0.2, 0.25) is 0 Å². The maximum atomic E-state index is 12.3. The van der Waals surface area contributed by atoms with E-state index in [1.165, 1.54) is 22.9 Å². The van der Waals surface area contributed by atoms with Crippen LogP contribution in [0.5, 0.6) is 0 Å². The number of non-ortho nitro benzene ring substituents is 1. The van der Waals surface area contributed by atoms with Gasteiger partial charge in [0.2, 0.25) is 0 Å². The number of aryl methyl sites for hydroxylation is 2. The number of hydrogen-bond acceptors (Lipinski definition) is 5. The zero-order chi connectivity index (χ0) is 15.6. The third-order valence-corrected chi connectivity index (χ3v) is 4.19. The number of hydrogen-bond donors (Lipinski definition) is 1. The SMILES string of the molecule is CCc1nn(C)cc1NS(=O)(=O)c1cccc([N+](=O)[O-])c1. The van der Waals surface area contributed by atoms with Gasteiger partial charge in [-0.15, -0.1) is 0 Å². The molecule has 2 rings (SSSR count). The molecule has 0 bridgehead atoms. The average molecular weight is 310 g/mol. The largest absolute Gasteiger partial charge is 0.276 e. The Morgan fingerprint density at radius 2 is 2.14 bits per heavy atom. The van der Waals surface area contributed by atoms with Crippen LogP contribution < -0.4 is 4.72 Å². The molecule has 0 saturated carbocycles. The van der Waals surface area contributed by atoms with E-state index < -0.39 is 14.9 Å². The maximum Gasteiger partial charge on any atom is 0.270 e. The first-order valence-electron chi connectivity index (χ1n) is 6.13. The molecule has 0 unspecified atom stereocenters. The molecule has 2 aromatic rings. The molecule has 0 radical (unpaired) electrons. The Hall–Kier alpha value is -2.42. The van der Waals surface area contributed by atoms with Crippen molar-refractivity contribution in [3.63, 3.8) is 0 Å². The van der Waals surface area contributed by atoms with E-state index in [2.05, 4.69) is 9.82 Å². The molecule has 21 heavy (non-hydrogen) atoms. The van der Waals surface area contributed by atoms with E-state index in [4.69, 9.17) is 0 Å². The summed E-state index contributed by atoms with van der Waals surface area (Å²) in [7, 11) is -2.21. The Morgan fingerprint density at radius 1 is 1.43 bits per heavy atom. The normalized spacial score (nSPS) is 11.3. The number of rotatable bonds is 5. The summed E-state index contributed by atoms with van der Waals surface area (Å²) in [5, 5.41) is 14.9. The van der Waals surface area contributed by atoms with E-state index >= 15 is 0 Å². The number of nitrogens with zero attached hydrogens (tertiary/aromatic N) is 3. The van der Waals surface area contributed by atoms with Crippen LogP contribution in [0.3, 0.4) is 0 Å². The Morgan fingerprint density at radius 3 is 2.76 bits per heavy atom. The number of nitrogens with one attached hydrogen (secondary N) is 1. The highest BCUT2D eigenvalue weighted by molar-refractivity contribution is 7.92. The highest BCUT2D eigenvalue weighted by Crippen LogP contribution is 2.22. The molecule has 0 atom stereocenters. The third-order valence-electron chi connectivity index (χ3n) is 2.82. The Balaban J connectivity index is 2.38. The molecule has 112 valence electrons. The van der Waals surface area contributed by atoms with Gasteiger partial charge in [-0.05, 0) is 12.5 Å². The van der Waals surface area contributed by atoms with Crippen LogP contribution in [0.15, 0.2) is 35.4 Å². The minimum Gasteiger partial charge on any atom is -0.276 e. The molecular weight excluding hydrogens is 296 g/mol. The number of anilines is 1. The molecule has 0 amide bonds. The molecule has 1 aromatic heterocycles. The van der Waals surface area contributed by atoms with Gasteiger partial charge in [0.25, 0.3) is 15.7 Å². The molecule has 9 heteroatoms. The predicted octanol–water partition coefficient (Wildman–Crippen LogP) is 1.69. The van der Waals surface area contributed by atoms with Crippen LogP contribution in [0.1, 0.15) is 12.6 Å². The predicted molar refractivity (Wildman–Crippen MR) is 76.5 cm³/mol. The number of aromatic nitrogens is 2. The Bertz CT molecular complexity index is 782. The summed E-state index contributed by atoms with van der Waals surface area (Å²) in [6.45, 7) is 1.85. The van der Waals surface area contributed by atoms with Crippen molar-refractivity contribution in [1.82, 2.24) is 9.78 Å². The second kappa shape index (κ2) is 5.52. The lowest BCUT2D eigenvalue weighted by molar-refractivity contribution is -0.385. The van der Waals surface area contributed by atoms with Gasteiger partial charge in [0.1, 0.15) is 0 Å². The van der Waals surface area contributed by atoms with Crippen molar-refractivity contribution >= 4 is 21.4 Å². The van der Waals surface area contributed by atoms with Gasteiger partial charge < -0.3 is 0 Å². The van der Waals surface area contributed by atoms with Crippen molar-refractivity contribution in [3.8, 4) is 0 Å². The van der Waals surface area contributed by atoms with Crippen molar-refractivity contribution in [2.75, 3.05) is 4.72 Å². The Labute approximate surface area is 121 Å². The first kappa shape index (κ1) is 15.0. The van der Waals surface area contributed by atoms with Gasteiger partial charge in [0.15, 0.2) is 0 Å². The van der Waals surface area contributed by atoms with Crippen molar-refractivity contribution < 1.29 is 13.3 Å². The van der Waals surface area contributed by atoms with Crippen LogP contribution in [0.25, 0.3) is 0 Å². The number of sulfonamides is 1. The van der Waals surface area contributed by atoms with Crippen molar-refractivity contribution in [2.45, 2.75) is 18.2 Å². The van der Waals surface area contributed by atoms with E-state index in [0.717, 1.165) is 6.07 Å². The zero-order valence-electron chi connectivity index (χ0n) is 11.5. The van der Waals surface area contributed by atoms with Gasteiger partial charge in [0, 0.05) is 25.4 Å². The second-order valence-corrected chi connectivity index (χ2v) is 6.06. The zero-order valence-corrected chi connectivity index (χ0v) is 12.3. The fourth-order valence-electron chi connectivity index (χ4n) is 1.85. The molecule has 8 nitrogen and oxygen atoms in total. The van der Waals surface area contributed by atoms with Crippen LogP contribution in [0.4, 0.5) is 11.4 Å². The van der Waals surface area contributed by atoms with E-state index in [1.54, 1.807) is 13.2 Å². The molecule has 1 aromatic carbocycles. The fraction of sp³-hybridized carbons (Fsp3) is 0.250. The summed E-state index contributed by atoms with van der Waals surface area (Å²) >= 11 is 0. The summed E-state index contributed by atoms with van der Waals surface area (Å²) < 4.78 is 28.5. The van der Waals surface area contributed by atoms with Gasteiger partial charge in [0.05, 0.1) is 21.2 Å². The maximum absolute atomic E-state index is 12.3. The van der Waals surface area contributed by atoms with Gasteiger partial charge in [-0.2, -0.15) is 5.10 Å². The summed E-state index contributed by atoms with van der Waals surface area (Å²) in [5.74, 6) is 0.